The number of thioether (sulfide) groups is 1. The number of carbonyl (C=O) groups is 1. The summed E-state index contributed by atoms with van der Waals surface area (Å²) in [4.78, 5) is 13.1. The van der Waals surface area contributed by atoms with E-state index in [0.29, 0.717) is 6.54 Å². The predicted molar refractivity (Wildman–Crippen MR) is 50.4 cm³/mol. The molecule has 3 nitrogen and oxygen atoms in total. The smallest absolute Gasteiger partial charge is 0.319 e. The summed E-state index contributed by atoms with van der Waals surface area (Å²) in [5.74, 6) is 2.23. The third-order valence-electron chi connectivity index (χ3n) is 1.90. The van der Waals surface area contributed by atoms with E-state index in [-0.39, 0.29) is 5.97 Å². The van der Waals surface area contributed by atoms with Gasteiger partial charge in [-0.3, -0.25) is 9.69 Å². The minimum absolute atomic E-state index is 0.123. The SMILES string of the molecule is COC(=O)CN1CCCSCC1. The van der Waals surface area contributed by atoms with Crippen molar-refractivity contribution in [1.82, 2.24) is 4.90 Å². The molecule has 0 amide bonds. The van der Waals surface area contributed by atoms with Gasteiger partial charge in [0.2, 0.25) is 0 Å². The molecule has 0 aliphatic carbocycles. The van der Waals surface area contributed by atoms with Gasteiger partial charge in [-0.1, -0.05) is 0 Å². The van der Waals surface area contributed by atoms with Gasteiger partial charge < -0.3 is 4.74 Å². The Morgan fingerprint density at radius 2 is 2.33 bits per heavy atom. The summed E-state index contributed by atoms with van der Waals surface area (Å²) in [5, 5.41) is 0. The lowest BCUT2D eigenvalue weighted by atomic mass is 10.4. The van der Waals surface area contributed by atoms with Gasteiger partial charge in [0.1, 0.15) is 0 Å². The van der Waals surface area contributed by atoms with Crippen molar-refractivity contribution >= 4 is 17.7 Å². The van der Waals surface area contributed by atoms with Crippen LogP contribution in [0.15, 0.2) is 0 Å². The van der Waals surface area contributed by atoms with Crippen molar-refractivity contribution in [3.63, 3.8) is 0 Å². The van der Waals surface area contributed by atoms with Crippen LogP contribution in [0.1, 0.15) is 6.42 Å². The third-order valence-corrected chi connectivity index (χ3v) is 2.94. The van der Waals surface area contributed by atoms with Gasteiger partial charge in [-0.2, -0.15) is 11.8 Å². The van der Waals surface area contributed by atoms with Gasteiger partial charge in [-0.05, 0) is 18.7 Å². The lowest BCUT2D eigenvalue weighted by Crippen LogP contribution is -2.32. The van der Waals surface area contributed by atoms with E-state index in [2.05, 4.69) is 9.64 Å². The average Bonchev–Trinajstić information content (AvgIpc) is 2.33. The second kappa shape index (κ2) is 5.43. The molecule has 0 aromatic heterocycles. The van der Waals surface area contributed by atoms with Crippen LogP contribution in [0.5, 0.6) is 0 Å². The summed E-state index contributed by atoms with van der Waals surface area (Å²) in [7, 11) is 1.44. The Morgan fingerprint density at radius 1 is 1.50 bits per heavy atom. The maximum atomic E-state index is 10.9. The number of rotatable bonds is 2. The van der Waals surface area contributed by atoms with Gasteiger partial charge in [0.05, 0.1) is 13.7 Å². The number of esters is 1. The molecule has 70 valence electrons. The second-order valence-electron chi connectivity index (χ2n) is 2.82. The molecule has 0 aromatic carbocycles. The van der Waals surface area contributed by atoms with Crippen LogP contribution in [0.3, 0.4) is 0 Å². The summed E-state index contributed by atoms with van der Waals surface area (Å²) in [5.41, 5.74) is 0. The summed E-state index contributed by atoms with van der Waals surface area (Å²) < 4.78 is 4.61. The number of ether oxygens (including phenoxy) is 1. The molecule has 0 saturated carbocycles. The molecule has 12 heavy (non-hydrogen) atoms. The standard InChI is InChI=1S/C8H15NO2S/c1-11-8(10)7-9-3-2-5-12-6-4-9/h2-7H2,1H3. The molecular weight excluding hydrogens is 174 g/mol. The maximum absolute atomic E-state index is 10.9. The highest BCUT2D eigenvalue weighted by atomic mass is 32.2. The highest BCUT2D eigenvalue weighted by Gasteiger charge is 2.12. The first-order valence-electron chi connectivity index (χ1n) is 4.20. The molecule has 1 aliphatic heterocycles. The molecule has 1 saturated heterocycles. The minimum atomic E-state index is -0.123. The molecule has 1 fully saturated rings. The lowest BCUT2D eigenvalue weighted by Gasteiger charge is -2.16. The Labute approximate surface area is 77.4 Å². The first-order valence-corrected chi connectivity index (χ1v) is 5.35. The van der Waals surface area contributed by atoms with Crippen LogP contribution in [0, 0.1) is 0 Å². The molecule has 4 heteroatoms. The van der Waals surface area contributed by atoms with Crippen molar-refractivity contribution in [2.24, 2.45) is 0 Å². The van der Waals surface area contributed by atoms with Crippen molar-refractivity contribution in [2.75, 3.05) is 38.2 Å². The Bertz CT molecular complexity index is 144. The summed E-state index contributed by atoms with van der Waals surface area (Å²) in [6.07, 6.45) is 1.18. The van der Waals surface area contributed by atoms with Crippen molar-refractivity contribution in [3.8, 4) is 0 Å². The van der Waals surface area contributed by atoms with E-state index < -0.39 is 0 Å². The molecule has 0 spiro atoms. The van der Waals surface area contributed by atoms with Gasteiger partial charge in [-0.25, -0.2) is 0 Å². The van der Waals surface area contributed by atoms with E-state index in [1.54, 1.807) is 0 Å². The zero-order valence-corrected chi connectivity index (χ0v) is 8.23. The number of methoxy groups -OCH3 is 1. The maximum Gasteiger partial charge on any atom is 0.319 e. The van der Waals surface area contributed by atoms with Crippen molar-refractivity contribution in [3.05, 3.63) is 0 Å². The molecule has 1 heterocycles. The fraction of sp³-hybridized carbons (Fsp3) is 0.875. The van der Waals surface area contributed by atoms with Crippen LogP contribution < -0.4 is 0 Å². The molecular formula is C8H15NO2S. The van der Waals surface area contributed by atoms with Gasteiger partial charge in [-0.15, -0.1) is 0 Å². The van der Waals surface area contributed by atoms with Crippen molar-refractivity contribution in [2.45, 2.75) is 6.42 Å². The fourth-order valence-electron chi connectivity index (χ4n) is 1.20. The van der Waals surface area contributed by atoms with Crippen LogP contribution in [0.4, 0.5) is 0 Å². The Hall–Kier alpha value is -0.220. The first kappa shape index (κ1) is 9.86. The van der Waals surface area contributed by atoms with E-state index in [9.17, 15) is 4.79 Å². The van der Waals surface area contributed by atoms with E-state index in [1.165, 1.54) is 19.3 Å². The average molecular weight is 189 g/mol. The molecule has 0 aromatic rings. The molecule has 1 aliphatic rings. The van der Waals surface area contributed by atoms with Gasteiger partial charge in [0.25, 0.3) is 0 Å². The number of nitrogens with zero attached hydrogens (tertiary/aromatic N) is 1. The summed E-state index contributed by atoms with van der Waals surface area (Å²) >= 11 is 1.96. The molecule has 0 radical (unpaired) electrons. The Kier molecular flexibility index (Phi) is 4.46. The number of hydrogen-bond donors (Lipinski definition) is 0. The topological polar surface area (TPSA) is 29.5 Å². The zero-order valence-electron chi connectivity index (χ0n) is 7.41. The first-order chi connectivity index (χ1) is 5.83. The predicted octanol–water partition coefficient (Wildman–Crippen LogP) is 0.598. The van der Waals surface area contributed by atoms with Crippen LogP contribution >= 0.6 is 11.8 Å². The van der Waals surface area contributed by atoms with Crippen LogP contribution in [0.25, 0.3) is 0 Å². The molecule has 0 unspecified atom stereocenters. The van der Waals surface area contributed by atoms with Crippen LogP contribution in [-0.2, 0) is 9.53 Å². The highest BCUT2D eigenvalue weighted by molar-refractivity contribution is 7.99. The van der Waals surface area contributed by atoms with Crippen LogP contribution in [0.2, 0.25) is 0 Å². The van der Waals surface area contributed by atoms with Crippen molar-refractivity contribution in [1.29, 1.82) is 0 Å². The summed E-state index contributed by atoms with van der Waals surface area (Å²) in [6, 6.07) is 0. The number of carbonyl (C=O) groups excluding carboxylic acids is 1. The van der Waals surface area contributed by atoms with E-state index in [0.717, 1.165) is 18.8 Å². The van der Waals surface area contributed by atoms with Crippen molar-refractivity contribution < 1.29 is 9.53 Å². The molecule has 1 rings (SSSR count). The van der Waals surface area contributed by atoms with E-state index in [1.807, 2.05) is 11.8 Å². The third kappa shape index (κ3) is 3.45. The van der Waals surface area contributed by atoms with Gasteiger partial charge in [0.15, 0.2) is 0 Å². The monoisotopic (exact) mass is 189 g/mol. The quantitative estimate of drug-likeness (QED) is 0.595. The number of hydrogen-bond acceptors (Lipinski definition) is 4. The van der Waals surface area contributed by atoms with Gasteiger partial charge >= 0.3 is 5.97 Å². The zero-order chi connectivity index (χ0) is 8.81. The Morgan fingerprint density at radius 3 is 3.08 bits per heavy atom. The molecule has 0 atom stereocenters. The van der Waals surface area contributed by atoms with E-state index >= 15 is 0 Å². The molecule has 0 N–H and O–H groups in total. The second-order valence-corrected chi connectivity index (χ2v) is 4.04. The lowest BCUT2D eigenvalue weighted by molar-refractivity contribution is -0.141. The molecule has 0 bridgehead atoms. The normalized spacial score (nSPS) is 20.1. The van der Waals surface area contributed by atoms with Crippen LogP contribution in [-0.4, -0.2) is 49.1 Å². The van der Waals surface area contributed by atoms with Gasteiger partial charge in [0, 0.05) is 12.3 Å². The minimum Gasteiger partial charge on any atom is -0.468 e. The Balaban J connectivity index is 2.24. The highest BCUT2D eigenvalue weighted by Crippen LogP contribution is 2.09. The largest absolute Gasteiger partial charge is 0.468 e. The fourth-order valence-corrected chi connectivity index (χ4v) is 2.13. The van der Waals surface area contributed by atoms with E-state index in [4.69, 9.17) is 0 Å². The summed E-state index contributed by atoms with van der Waals surface area (Å²) in [6.45, 7) is 2.50.